The quantitative estimate of drug-likeness (QED) is 0.819. The first-order valence-electron chi connectivity index (χ1n) is 6.67. The Morgan fingerprint density at radius 1 is 1.17 bits per heavy atom. The third-order valence-electron chi connectivity index (χ3n) is 4.23. The Morgan fingerprint density at radius 2 is 1.89 bits per heavy atom. The number of carboxylic acids is 1. The number of aliphatic carboxylic acids is 1. The highest BCUT2D eigenvalue weighted by atomic mass is 32.2. The number of carbonyl (C=O) groups excluding carboxylic acids is 1. The summed E-state index contributed by atoms with van der Waals surface area (Å²) in [7, 11) is 0. The van der Waals surface area contributed by atoms with E-state index in [1.807, 2.05) is 11.8 Å². The molecule has 0 bridgehead atoms. The lowest BCUT2D eigenvalue weighted by atomic mass is 9.73. The molecule has 0 aromatic rings. The predicted molar refractivity (Wildman–Crippen MR) is 71.6 cm³/mol. The summed E-state index contributed by atoms with van der Waals surface area (Å²) in [5.41, 5.74) is 0. The van der Waals surface area contributed by atoms with Crippen LogP contribution in [0.4, 0.5) is 0 Å². The fraction of sp³-hybridized carbons (Fsp3) is 0.846. The summed E-state index contributed by atoms with van der Waals surface area (Å²) in [5.74, 6) is -1.62. The smallest absolute Gasteiger partial charge is 0.307 e. The van der Waals surface area contributed by atoms with Crippen molar-refractivity contribution < 1.29 is 14.7 Å². The molecule has 0 aliphatic heterocycles. The van der Waals surface area contributed by atoms with Gasteiger partial charge in [-0.05, 0) is 38.4 Å². The zero-order valence-electron chi connectivity index (χ0n) is 10.7. The van der Waals surface area contributed by atoms with Gasteiger partial charge < -0.3 is 10.4 Å². The summed E-state index contributed by atoms with van der Waals surface area (Å²) in [5, 5.41) is 12.6. The Labute approximate surface area is 112 Å². The Balaban J connectivity index is 1.82. The molecule has 2 fully saturated rings. The van der Waals surface area contributed by atoms with Gasteiger partial charge in [0.15, 0.2) is 0 Å². The lowest BCUT2D eigenvalue weighted by molar-refractivity contribution is -0.153. The summed E-state index contributed by atoms with van der Waals surface area (Å²) < 4.78 is 0. The van der Waals surface area contributed by atoms with Crippen LogP contribution in [0.5, 0.6) is 0 Å². The minimum Gasteiger partial charge on any atom is -0.481 e. The zero-order valence-corrected chi connectivity index (χ0v) is 11.5. The molecule has 4 nitrogen and oxygen atoms in total. The normalized spacial score (nSPS) is 35.6. The number of hydrogen-bond acceptors (Lipinski definition) is 3. The van der Waals surface area contributed by atoms with E-state index in [1.54, 1.807) is 0 Å². The molecule has 5 heteroatoms. The minimum atomic E-state index is -0.827. The maximum Gasteiger partial charge on any atom is 0.307 e. The molecular weight excluding hydrogens is 250 g/mol. The fourth-order valence-corrected chi connectivity index (χ4v) is 3.73. The summed E-state index contributed by atoms with van der Waals surface area (Å²) >= 11 is 1.86. The number of thioether (sulfide) groups is 1. The van der Waals surface area contributed by atoms with E-state index in [0.717, 1.165) is 25.7 Å². The maximum absolute atomic E-state index is 12.0. The van der Waals surface area contributed by atoms with E-state index in [2.05, 4.69) is 11.6 Å². The van der Waals surface area contributed by atoms with E-state index in [9.17, 15) is 9.59 Å². The molecule has 2 saturated carbocycles. The van der Waals surface area contributed by atoms with Crippen LogP contribution in [0.15, 0.2) is 0 Å². The predicted octanol–water partition coefficient (Wildman–Crippen LogP) is 1.89. The molecule has 18 heavy (non-hydrogen) atoms. The number of carbonyl (C=O) groups is 2. The zero-order chi connectivity index (χ0) is 13.1. The molecule has 4 atom stereocenters. The van der Waals surface area contributed by atoms with Crippen molar-refractivity contribution in [3.8, 4) is 0 Å². The second-order valence-corrected chi connectivity index (χ2v) is 6.50. The topological polar surface area (TPSA) is 66.4 Å². The van der Waals surface area contributed by atoms with Gasteiger partial charge in [0.2, 0.25) is 5.91 Å². The third kappa shape index (κ3) is 2.99. The van der Waals surface area contributed by atoms with E-state index < -0.39 is 11.9 Å². The van der Waals surface area contributed by atoms with Crippen molar-refractivity contribution in [3.63, 3.8) is 0 Å². The van der Waals surface area contributed by atoms with E-state index in [-0.39, 0.29) is 17.9 Å². The number of carboxylic acid groups (broad SMARTS) is 1. The molecule has 2 N–H and O–H groups in total. The van der Waals surface area contributed by atoms with E-state index >= 15 is 0 Å². The van der Waals surface area contributed by atoms with Crippen molar-refractivity contribution in [2.24, 2.45) is 11.8 Å². The van der Waals surface area contributed by atoms with Crippen molar-refractivity contribution >= 4 is 23.6 Å². The second kappa shape index (κ2) is 5.95. The summed E-state index contributed by atoms with van der Waals surface area (Å²) in [4.78, 5) is 22.9. The molecule has 1 amide bonds. The van der Waals surface area contributed by atoms with Crippen LogP contribution in [0.25, 0.3) is 0 Å². The van der Waals surface area contributed by atoms with E-state index in [4.69, 9.17) is 5.11 Å². The Hall–Kier alpha value is -0.710. The summed E-state index contributed by atoms with van der Waals surface area (Å²) in [6.07, 6.45) is 7.93. The Morgan fingerprint density at radius 3 is 2.44 bits per heavy atom. The monoisotopic (exact) mass is 271 g/mol. The van der Waals surface area contributed by atoms with Gasteiger partial charge in [-0.3, -0.25) is 9.59 Å². The molecule has 0 radical (unpaired) electrons. The number of nitrogens with one attached hydrogen (secondary N) is 1. The van der Waals surface area contributed by atoms with Crippen molar-refractivity contribution in [1.29, 1.82) is 0 Å². The molecule has 4 unspecified atom stereocenters. The lowest BCUT2D eigenvalue weighted by Gasteiger charge is -2.35. The second-order valence-electron chi connectivity index (χ2n) is 5.36. The molecule has 0 aromatic heterocycles. The van der Waals surface area contributed by atoms with Gasteiger partial charge in [-0.1, -0.05) is 6.42 Å². The molecule has 2 aliphatic rings. The van der Waals surface area contributed by atoms with Crippen LogP contribution in [0, 0.1) is 11.8 Å². The maximum atomic E-state index is 12.0. The molecule has 2 rings (SSSR count). The standard InChI is InChI=1S/C13H21NO3S/c1-18-9-4-2-3-8(7-9)14-12(15)10-5-6-11(10)13(16)17/h8-11H,2-7H2,1H3,(H,14,15)(H,16,17). The van der Waals surface area contributed by atoms with Crippen LogP contribution in [-0.2, 0) is 9.59 Å². The molecular formula is C13H21NO3S. The number of hydrogen-bond donors (Lipinski definition) is 2. The van der Waals surface area contributed by atoms with Gasteiger partial charge in [0.1, 0.15) is 0 Å². The van der Waals surface area contributed by atoms with Gasteiger partial charge in [0.05, 0.1) is 11.8 Å². The van der Waals surface area contributed by atoms with Gasteiger partial charge in [-0.2, -0.15) is 11.8 Å². The Kier molecular flexibility index (Phi) is 4.54. The first-order chi connectivity index (χ1) is 8.61. The van der Waals surface area contributed by atoms with Crippen LogP contribution < -0.4 is 5.32 Å². The molecule has 0 heterocycles. The highest BCUT2D eigenvalue weighted by molar-refractivity contribution is 7.99. The first-order valence-corrected chi connectivity index (χ1v) is 7.96. The average Bonchev–Trinajstić information content (AvgIpc) is 2.26. The molecule has 0 saturated heterocycles. The number of rotatable bonds is 4. The van der Waals surface area contributed by atoms with Gasteiger partial charge in [0, 0.05) is 11.3 Å². The average molecular weight is 271 g/mol. The SMILES string of the molecule is CSC1CCCC(NC(=O)C2CCC2C(=O)O)C1. The van der Waals surface area contributed by atoms with Gasteiger partial charge in [-0.15, -0.1) is 0 Å². The van der Waals surface area contributed by atoms with Crippen molar-refractivity contribution in [2.75, 3.05) is 6.26 Å². The van der Waals surface area contributed by atoms with Crippen LogP contribution in [0.1, 0.15) is 38.5 Å². The fourth-order valence-electron chi connectivity index (χ4n) is 2.91. The van der Waals surface area contributed by atoms with E-state index in [1.165, 1.54) is 6.42 Å². The van der Waals surface area contributed by atoms with Gasteiger partial charge in [-0.25, -0.2) is 0 Å². The van der Waals surface area contributed by atoms with Crippen LogP contribution in [0.3, 0.4) is 0 Å². The van der Waals surface area contributed by atoms with Crippen LogP contribution in [0.2, 0.25) is 0 Å². The van der Waals surface area contributed by atoms with Crippen molar-refractivity contribution in [3.05, 3.63) is 0 Å². The first kappa shape index (κ1) is 13.7. The van der Waals surface area contributed by atoms with Crippen molar-refractivity contribution in [2.45, 2.75) is 49.8 Å². The molecule has 2 aliphatic carbocycles. The molecule has 0 spiro atoms. The van der Waals surface area contributed by atoms with Crippen LogP contribution in [-0.4, -0.2) is 34.5 Å². The lowest BCUT2D eigenvalue weighted by Crippen LogP contribution is -2.48. The van der Waals surface area contributed by atoms with Crippen molar-refractivity contribution in [1.82, 2.24) is 5.32 Å². The van der Waals surface area contributed by atoms with Gasteiger partial charge in [0.25, 0.3) is 0 Å². The largest absolute Gasteiger partial charge is 0.481 e. The summed E-state index contributed by atoms with van der Waals surface area (Å²) in [6, 6.07) is 0.249. The van der Waals surface area contributed by atoms with E-state index in [0.29, 0.717) is 11.7 Å². The highest BCUT2D eigenvalue weighted by Gasteiger charge is 2.42. The Bertz CT molecular complexity index is 334. The van der Waals surface area contributed by atoms with Crippen LogP contribution >= 0.6 is 11.8 Å². The third-order valence-corrected chi connectivity index (χ3v) is 5.33. The minimum absolute atomic E-state index is 0.0413. The molecule has 102 valence electrons. The highest BCUT2D eigenvalue weighted by Crippen LogP contribution is 2.35. The van der Waals surface area contributed by atoms with Gasteiger partial charge >= 0.3 is 5.97 Å². The number of amides is 1. The summed E-state index contributed by atoms with van der Waals surface area (Å²) in [6.45, 7) is 0. The molecule has 0 aromatic carbocycles.